The van der Waals surface area contributed by atoms with Crippen LogP contribution in [0.5, 0.6) is 0 Å². The Hall–Kier alpha value is -1.58. The van der Waals surface area contributed by atoms with Gasteiger partial charge >= 0.3 is 0 Å². The van der Waals surface area contributed by atoms with Gasteiger partial charge < -0.3 is 4.84 Å². The minimum atomic E-state index is -0.226. The molecule has 0 aliphatic heterocycles. The molecule has 0 fully saturated rings. The van der Waals surface area contributed by atoms with Crippen molar-refractivity contribution >= 4 is 11.0 Å². The van der Waals surface area contributed by atoms with Crippen molar-refractivity contribution < 1.29 is 4.84 Å². The van der Waals surface area contributed by atoms with Gasteiger partial charge in [0.15, 0.2) is 0 Å². The van der Waals surface area contributed by atoms with Gasteiger partial charge in [0.25, 0.3) is 0 Å². The third-order valence-electron chi connectivity index (χ3n) is 2.51. The molecule has 1 aromatic heterocycles. The Bertz CT molecular complexity index is 462. The zero-order valence-corrected chi connectivity index (χ0v) is 9.27. The van der Waals surface area contributed by atoms with Gasteiger partial charge in [-0.2, -0.15) is 0 Å². The SMILES string of the molecule is CCC(C)(C)On1nnc2ccccc21. The lowest BCUT2D eigenvalue weighted by atomic mass is 10.1. The van der Waals surface area contributed by atoms with Crippen LogP contribution in [0.3, 0.4) is 0 Å². The van der Waals surface area contributed by atoms with E-state index in [4.69, 9.17) is 4.84 Å². The summed E-state index contributed by atoms with van der Waals surface area (Å²) in [5.41, 5.74) is 1.53. The van der Waals surface area contributed by atoms with Gasteiger partial charge in [0, 0.05) is 0 Å². The summed E-state index contributed by atoms with van der Waals surface area (Å²) in [7, 11) is 0. The molecule has 0 atom stereocenters. The van der Waals surface area contributed by atoms with Crippen LogP contribution in [0.15, 0.2) is 24.3 Å². The van der Waals surface area contributed by atoms with E-state index in [0.717, 1.165) is 17.5 Å². The Kier molecular flexibility index (Phi) is 2.34. The maximum Gasteiger partial charge on any atom is 0.132 e. The van der Waals surface area contributed by atoms with E-state index in [1.807, 2.05) is 38.1 Å². The van der Waals surface area contributed by atoms with Crippen LogP contribution >= 0.6 is 0 Å². The Morgan fingerprint density at radius 3 is 2.80 bits per heavy atom. The molecule has 0 bridgehead atoms. The van der Waals surface area contributed by atoms with Gasteiger partial charge in [-0.05, 0) is 37.6 Å². The summed E-state index contributed by atoms with van der Waals surface area (Å²) in [4.78, 5) is 7.25. The van der Waals surface area contributed by atoms with Crippen molar-refractivity contribution in [1.29, 1.82) is 0 Å². The first-order valence-electron chi connectivity index (χ1n) is 5.12. The fraction of sp³-hybridized carbons (Fsp3) is 0.455. The number of hydrogen-bond donors (Lipinski definition) is 0. The Morgan fingerprint density at radius 2 is 2.07 bits per heavy atom. The van der Waals surface area contributed by atoms with Crippen molar-refractivity contribution in [3.05, 3.63) is 24.3 Å². The standard InChI is InChI=1S/C11H15N3O/c1-4-11(2,3)15-14-10-8-6-5-7-9(10)12-13-14/h5-8H,4H2,1-3H3. The van der Waals surface area contributed by atoms with Crippen molar-refractivity contribution in [2.45, 2.75) is 32.8 Å². The van der Waals surface area contributed by atoms with Gasteiger partial charge in [0.05, 0.1) is 0 Å². The summed E-state index contributed by atoms with van der Waals surface area (Å²) < 4.78 is 0. The lowest BCUT2D eigenvalue weighted by Gasteiger charge is -2.23. The summed E-state index contributed by atoms with van der Waals surface area (Å²) in [5.74, 6) is 0. The minimum Gasteiger partial charge on any atom is -0.389 e. The molecule has 4 heteroatoms. The number of aromatic nitrogens is 3. The van der Waals surface area contributed by atoms with Crippen molar-refractivity contribution in [2.24, 2.45) is 0 Å². The summed E-state index contributed by atoms with van der Waals surface area (Å²) in [6, 6.07) is 7.75. The highest BCUT2D eigenvalue weighted by Crippen LogP contribution is 2.14. The third kappa shape index (κ3) is 1.93. The third-order valence-corrected chi connectivity index (χ3v) is 2.51. The number of fused-ring (bicyclic) bond motifs is 1. The van der Waals surface area contributed by atoms with Crippen LogP contribution in [0.4, 0.5) is 0 Å². The molecular formula is C11H15N3O. The number of benzene rings is 1. The molecule has 1 heterocycles. The molecule has 0 saturated carbocycles. The normalized spacial score (nSPS) is 11.9. The fourth-order valence-electron chi connectivity index (χ4n) is 1.21. The van der Waals surface area contributed by atoms with Crippen LogP contribution in [-0.4, -0.2) is 20.8 Å². The van der Waals surface area contributed by atoms with E-state index < -0.39 is 0 Å². The van der Waals surface area contributed by atoms with Gasteiger partial charge in [-0.15, -0.1) is 5.10 Å². The molecule has 4 nitrogen and oxygen atoms in total. The smallest absolute Gasteiger partial charge is 0.132 e. The predicted octanol–water partition coefficient (Wildman–Crippen LogP) is 2.05. The van der Waals surface area contributed by atoms with Crippen molar-refractivity contribution in [2.75, 3.05) is 0 Å². The number of hydrogen-bond acceptors (Lipinski definition) is 3. The van der Waals surface area contributed by atoms with Crippen LogP contribution in [0.2, 0.25) is 0 Å². The monoisotopic (exact) mass is 205 g/mol. The molecule has 0 aliphatic carbocycles. The molecule has 0 N–H and O–H groups in total. The molecule has 0 unspecified atom stereocenters. The van der Waals surface area contributed by atoms with E-state index in [2.05, 4.69) is 17.2 Å². The Labute approximate surface area is 88.8 Å². The summed E-state index contributed by atoms with van der Waals surface area (Å²) in [6.45, 7) is 6.14. The molecule has 0 spiro atoms. The minimum absolute atomic E-state index is 0.226. The van der Waals surface area contributed by atoms with Crippen LogP contribution in [0.25, 0.3) is 11.0 Å². The lowest BCUT2D eigenvalue weighted by molar-refractivity contribution is -0.0442. The molecule has 2 aromatic rings. The molecule has 1 aromatic carbocycles. The zero-order valence-electron chi connectivity index (χ0n) is 9.27. The zero-order chi connectivity index (χ0) is 10.9. The molecule has 0 radical (unpaired) electrons. The van der Waals surface area contributed by atoms with E-state index in [9.17, 15) is 0 Å². The van der Waals surface area contributed by atoms with E-state index in [1.54, 1.807) is 0 Å². The van der Waals surface area contributed by atoms with E-state index in [1.165, 1.54) is 4.85 Å². The summed E-state index contributed by atoms with van der Waals surface area (Å²) in [6.07, 6.45) is 0.918. The maximum atomic E-state index is 5.75. The van der Waals surface area contributed by atoms with Crippen molar-refractivity contribution in [3.8, 4) is 0 Å². The highest BCUT2D eigenvalue weighted by Gasteiger charge is 2.19. The molecule has 2 rings (SSSR count). The second-order valence-corrected chi connectivity index (χ2v) is 4.16. The van der Waals surface area contributed by atoms with Gasteiger partial charge in [0.2, 0.25) is 0 Å². The quantitative estimate of drug-likeness (QED) is 0.770. The molecule has 0 amide bonds. The highest BCUT2D eigenvalue weighted by molar-refractivity contribution is 5.73. The first-order valence-corrected chi connectivity index (χ1v) is 5.12. The lowest BCUT2D eigenvalue weighted by Crippen LogP contribution is -2.34. The molecule has 15 heavy (non-hydrogen) atoms. The Morgan fingerprint density at radius 1 is 1.33 bits per heavy atom. The molecule has 0 aliphatic rings. The molecule has 80 valence electrons. The number of nitrogens with zero attached hydrogens (tertiary/aromatic N) is 3. The van der Waals surface area contributed by atoms with E-state index in [-0.39, 0.29) is 5.60 Å². The highest BCUT2D eigenvalue weighted by atomic mass is 16.7. The largest absolute Gasteiger partial charge is 0.389 e. The van der Waals surface area contributed by atoms with Crippen LogP contribution < -0.4 is 4.84 Å². The average Bonchev–Trinajstić information content (AvgIpc) is 2.62. The van der Waals surface area contributed by atoms with E-state index in [0.29, 0.717) is 0 Å². The van der Waals surface area contributed by atoms with Gasteiger partial charge in [-0.1, -0.05) is 23.9 Å². The van der Waals surface area contributed by atoms with Gasteiger partial charge in [0.1, 0.15) is 16.6 Å². The summed E-state index contributed by atoms with van der Waals surface area (Å²) in [5, 5.41) is 8.00. The fourth-order valence-corrected chi connectivity index (χ4v) is 1.21. The maximum absolute atomic E-state index is 5.75. The van der Waals surface area contributed by atoms with Gasteiger partial charge in [-0.25, -0.2) is 0 Å². The second kappa shape index (κ2) is 3.53. The van der Waals surface area contributed by atoms with Crippen LogP contribution in [0, 0.1) is 0 Å². The predicted molar refractivity (Wildman–Crippen MR) is 58.5 cm³/mol. The van der Waals surface area contributed by atoms with Crippen LogP contribution in [-0.2, 0) is 0 Å². The first-order chi connectivity index (χ1) is 7.12. The average molecular weight is 205 g/mol. The molecular weight excluding hydrogens is 190 g/mol. The van der Waals surface area contributed by atoms with Crippen molar-refractivity contribution in [3.63, 3.8) is 0 Å². The summed E-state index contributed by atoms with van der Waals surface area (Å²) >= 11 is 0. The number of rotatable bonds is 3. The van der Waals surface area contributed by atoms with Crippen molar-refractivity contribution in [1.82, 2.24) is 15.2 Å². The molecule has 0 saturated heterocycles. The number of para-hydroxylation sites is 1. The van der Waals surface area contributed by atoms with E-state index >= 15 is 0 Å². The van der Waals surface area contributed by atoms with Gasteiger partial charge in [-0.3, -0.25) is 0 Å². The first kappa shape index (κ1) is 9.96. The Balaban J connectivity index is 2.37. The topological polar surface area (TPSA) is 39.9 Å². The van der Waals surface area contributed by atoms with Crippen LogP contribution in [0.1, 0.15) is 27.2 Å². The second-order valence-electron chi connectivity index (χ2n) is 4.16.